The Hall–Kier alpha value is 0.270. The van der Waals surface area contributed by atoms with Gasteiger partial charge in [-0.3, -0.25) is 0 Å². The van der Waals surface area contributed by atoms with Gasteiger partial charge in [0.15, 0.2) is 0 Å². The summed E-state index contributed by atoms with van der Waals surface area (Å²) in [5, 5.41) is 12.1. The van der Waals surface area contributed by atoms with Crippen molar-refractivity contribution in [2.45, 2.75) is 19.4 Å². The highest BCUT2D eigenvalue weighted by molar-refractivity contribution is 7.98. The van der Waals surface area contributed by atoms with E-state index in [-0.39, 0.29) is 12.6 Å². The van der Waals surface area contributed by atoms with Gasteiger partial charge >= 0.3 is 0 Å². The van der Waals surface area contributed by atoms with E-state index in [0.29, 0.717) is 0 Å². The molecular weight excluding hydrogens is 146 g/mol. The van der Waals surface area contributed by atoms with Crippen LogP contribution in [0.3, 0.4) is 0 Å². The lowest BCUT2D eigenvalue weighted by Gasteiger charge is -2.13. The van der Waals surface area contributed by atoms with E-state index in [2.05, 4.69) is 18.5 Å². The molecule has 2 N–H and O–H groups in total. The molecule has 0 bridgehead atoms. The lowest BCUT2D eigenvalue weighted by molar-refractivity contribution is 0.254. The fourth-order valence-corrected chi connectivity index (χ4v) is 1.35. The SMILES string of the molecule is CCCNC(CO)CSC. The van der Waals surface area contributed by atoms with Crippen LogP contribution in [0.1, 0.15) is 13.3 Å². The zero-order valence-electron chi connectivity index (χ0n) is 6.76. The third kappa shape index (κ3) is 5.09. The smallest absolute Gasteiger partial charge is 0.0592 e. The van der Waals surface area contributed by atoms with Crippen molar-refractivity contribution >= 4 is 11.8 Å². The van der Waals surface area contributed by atoms with Gasteiger partial charge in [0, 0.05) is 11.8 Å². The Labute approximate surface area is 67.4 Å². The minimum Gasteiger partial charge on any atom is -0.395 e. The van der Waals surface area contributed by atoms with Gasteiger partial charge in [-0.25, -0.2) is 0 Å². The maximum Gasteiger partial charge on any atom is 0.0592 e. The second-order valence-electron chi connectivity index (χ2n) is 2.29. The Balaban J connectivity index is 3.21. The molecule has 0 aliphatic heterocycles. The lowest BCUT2D eigenvalue weighted by Crippen LogP contribution is -2.35. The van der Waals surface area contributed by atoms with E-state index in [1.165, 1.54) is 0 Å². The van der Waals surface area contributed by atoms with Gasteiger partial charge in [-0.05, 0) is 19.2 Å². The molecule has 0 aromatic rings. The predicted octanol–water partition coefficient (Wildman–Crippen LogP) is 0.710. The first-order valence-corrected chi connectivity index (χ1v) is 5.07. The maximum atomic E-state index is 8.81. The van der Waals surface area contributed by atoms with Crippen molar-refractivity contribution in [2.24, 2.45) is 0 Å². The molecule has 1 atom stereocenters. The average molecular weight is 163 g/mol. The molecular formula is C7H17NOS. The molecule has 1 unspecified atom stereocenters. The summed E-state index contributed by atoms with van der Waals surface area (Å²) < 4.78 is 0. The predicted molar refractivity (Wildman–Crippen MR) is 47.5 cm³/mol. The first-order chi connectivity index (χ1) is 4.85. The first-order valence-electron chi connectivity index (χ1n) is 3.68. The summed E-state index contributed by atoms with van der Waals surface area (Å²) in [5.41, 5.74) is 0. The van der Waals surface area contributed by atoms with Crippen molar-refractivity contribution in [2.75, 3.05) is 25.2 Å². The summed E-state index contributed by atoms with van der Waals surface area (Å²) in [6.07, 6.45) is 3.18. The molecule has 3 heteroatoms. The van der Waals surface area contributed by atoms with Crippen LogP contribution in [0.25, 0.3) is 0 Å². The number of rotatable bonds is 6. The molecule has 0 spiro atoms. The van der Waals surface area contributed by atoms with Crippen LogP contribution in [0, 0.1) is 0 Å². The van der Waals surface area contributed by atoms with Crippen molar-refractivity contribution in [3.05, 3.63) is 0 Å². The molecule has 0 aliphatic rings. The van der Waals surface area contributed by atoms with E-state index in [1.54, 1.807) is 11.8 Å². The van der Waals surface area contributed by atoms with Crippen LogP contribution in [0.5, 0.6) is 0 Å². The third-order valence-electron chi connectivity index (χ3n) is 1.27. The number of aliphatic hydroxyl groups is 1. The molecule has 0 saturated carbocycles. The van der Waals surface area contributed by atoms with Gasteiger partial charge in [0.2, 0.25) is 0 Å². The minimum absolute atomic E-state index is 0.251. The maximum absolute atomic E-state index is 8.81. The van der Waals surface area contributed by atoms with Gasteiger partial charge in [0.25, 0.3) is 0 Å². The lowest BCUT2D eigenvalue weighted by atomic mass is 10.3. The fourth-order valence-electron chi connectivity index (χ4n) is 0.726. The number of hydrogen-bond acceptors (Lipinski definition) is 3. The molecule has 0 fully saturated rings. The van der Waals surface area contributed by atoms with Gasteiger partial charge in [0.05, 0.1) is 6.61 Å². The highest BCUT2D eigenvalue weighted by atomic mass is 32.2. The van der Waals surface area contributed by atoms with Gasteiger partial charge in [-0.1, -0.05) is 6.92 Å². The molecule has 62 valence electrons. The summed E-state index contributed by atoms with van der Waals surface area (Å²) in [5.74, 6) is 0.997. The van der Waals surface area contributed by atoms with Crippen LogP contribution in [-0.4, -0.2) is 36.3 Å². The van der Waals surface area contributed by atoms with E-state index in [9.17, 15) is 0 Å². The van der Waals surface area contributed by atoms with Crippen molar-refractivity contribution in [1.29, 1.82) is 0 Å². The van der Waals surface area contributed by atoms with Crippen LogP contribution >= 0.6 is 11.8 Å². The number of thioether (sulfide) groups is 1. The van der Waals surface area contributed by atoms with Crippen molar-refractivity contribution in [1.82, 2.24) is 5.32 Å². The van der Waals surface area contributed by atoms with Crippen LogP contribution in [0.4, 0.5) is 0 Å². The average Bonchev–Trinajstić information content (AvgIpc) is 1.98. The largest absolute Gasteiger partial charge is 0.395 e. The molecule has 0 amide bonds. The van der Waals surface area contributed by atoms with E-state index in [1.807, 2.05) is 0 Å². The van der Waals surface area contributed by atoms with Crippen LogP contribution < -0.4 is 5.32 Å². The summed E-state index contributed by atoms with van der Waals surface area (Å²) in [6.45, 7) is 3.38. The molecule has 0 aromatic heterocycles. The molecule has 0 heterocycles. The highest BCUT2D eigenvalue weighted by Gasteiger charge is 2.02. The first kappa shape index (κ1) is 10.3. The Bertz CT molecular complexity index is 70.6. The molecule has 0 aromatic carbocycles. The number of nitrogens with one attached hydrogen (secondary N) is 1. The summed E-state index contributed by atoms with van der Waals surface area (Å²) in [7, 11) is 0. The van der Waals surface area contributed by atoms with Crippen molar-refractivity contribution in [3.63, 3.8) is 0 Å². The Kier molecular flexibility index (Phi) is 7.58. The molecule has 0 aliphatic carbocycles. The fraction of sp³-hybridized carbons (Fsp3) is 1.00. The summed E-state index contributed by atoms with van der Waals surface area (Å²) in [6, 6.07) is 0.287. The molecule has 0 radical (unpaired) electrons. The molecule has 0 saturated heterocycles. The van der Waals surface area contributed by atoms with Gasteiger partial charge in [0.1, 0.15) is 0 Å². The van der Waals surface area contributed by atoms with Gasteiger partial charge in [-0.2, -0.15) is 11.8 Å². The monoisotopic (exact) mass is 163 g/mol. The van der Waals surface area contributed by atoms with Crippen LogP contribution in [0.2, 0.25) is 0 Å². The number of aliphatic hydroxyl groups excluding tert-OH is 1. The second-order valence-corrected chi connectivity index (χ2v) is 3.20. The van der Waals surface area contributed by atoms with Gasteiger partial charge < -0.3 is 10.4 Å². The van der Waals surface area contributed by atoms with Crippen LogP contribution in [0.15, 0.2) is 0 Å². The Morgan fingerprint density at radius 2 is 2.30 bits per heavy atom. The van der Waals surface area contributed by atoms with Crippen LogP contribution in [-0.2, 0) is 0 Å². The van der Waals surface area contributed by atoms with E-state index >= 15 is 0 Å². The van der Waals surface area contributed by atoms with E-state index < -0.39 is 0 Å². The third-order valence-corrected chi connectivity index (χ3v) is 2.01. The summed E-state index contributed by atoms with van der Waals surface area (Å²) in [4.78, 5) is 0. The minimum atomic E-state index is 0.251. The van der Waals surface area contributed by atoms with Crippen molar-refractivity contribution in [3.8, 4) is 0 Å². The summed E-state index contributed by atoms with van der Waals surface area (Å²) >= 11 is 1.76. The van der Waals surface area contributed by atoms with Gasteiger partial charge in [-0.15, -0.1) is 0 Å². The second kappa shape index (κ2) is 7.38. The molecule has 2 nitrogen and oxygen atoms in total. The normalized spacial score (nSPS) is 13.5. The highest BCUT2D eigenvalue weighted by Crippen LogP contribution is 1.95. The van der Waals surface area contributed by atoms with Crippen molar-refractivity contribution < 1.29 is 5.11 Å². The number of hydrogen-bond donors (Lipinski definition) is 2. The Morgan fingerprint density at radius 3 is 2.70 bits per heavy atom. The van der Waals surface area contributed by atoms with E-state index in [4.69, 9.17) is 5.11 Å². The van der Waals surface area contributed by atoms with E-state index in [0.717, 1.165) is 18.7 Å². The zero-order valence-corrected chi connectivity index (χ0v) is 7.58. The zero-order chi connectivity index (χ0) is 7.82. The topological polar surface area (TPSA) is 32.3 Å². The molecule has 10 heavy (non-hydrogen) atoms. The molecule has 0 rings (SSSR count). The Morgan fingerprint density at radius 1 is 1.60 bits per heavy atom. The standard InChI is InChI=1S/C7H17NOS/c1-3-4-8-7(5-9)6-10-2/h7-9H,3-6H2,1-2H3. The quantitative estimate of drug-likeness (QED) is 0.605.